The normalized spacial score (nSPS) is 17.5. The number of hydrogen-bond donors (Lipinski definition) is 1. The predicted octanol–water partition coefficient (Wildman–Crippen LogP) is 4.99. The number of aromatic nitrogens is 2. The van der Waals surface area contributed by atoms with Gasteiger partial charge in [-0.3, -0.25) is 4.79 Å². The molecule has 2 atom stereocenters. The van der Waals surface area contributed by atoms with E-state index in [2.05, 4.69) is 37.1 Å². The van der Waals surface area contributed by atoms with Crippen molar-refractivity contribution in [3.8, 4) is 6.07 Å². The van der Waals surface area contributed by atoms with Crippen molar-refractivity contribution in [1.82, 2.24) is 9.97 Å². The molecule has 2 unspecified atom stereocenters. The summed E-state index contributed by atoms with van der Waals surface area (Å²) < 4.78 is 0. The van der Waals surface area contributed by atoms with Crippen LogP contribution in [0, 0.1) is 29.6 Å². The third kappa shape index (κ3) is 4.73. The van der Waals surface area contributed by atoms with Crippen LogP contribution >= 0.6 is 23.1 Å². The lowest BCUT2D eigenvalue weighted by atomic mass is 9.71. The molecule has 0 radical (unpaired) electrons. The summed E-state index contributed by atoms with van der Waals surface area (Å²) in [4.78, 5) is 21.5. The van der Waals surface area contributed by atoms with E-state index in [1.165, 1.54) is 28.7 Å². The Morgan fingerprint density at radius 2 is 2.18 bits per heavy atom. The van der Waals surface area contributed by atoms with Gasteiger partial charge in [-0.15, -0.1) is 11.3 Å². The fourth-order valence-corrected chi connectivity index (χ4v) is 4.98. The fourth-order valence-electron chi connectivity index (χ4n) is 3.39. The first-order valence-corrected chi connectivity index (χ1v) is 11.3. The third-order valence-corrected chi connectivity index (χ3v) is 7.18. The summed E-state index contributed by atoms with van der Waals surface area (Å²) in [6, 6.07) is 4.25. The number of aryl methyl sites for hydroxylation is 2. The first-order valence-electron chi connectivity index (χ1n) is 9.50. The molecule has 2 heterocycles. The number of carbonyl (C=O) groups is 1. The van der Waals surface area contributed by atoms with Gasteiger partial charge in [0.2, 0.25) is 5.91 Å². The van der Waals surface area contributed by atoms with Crippen molar-refractivity contribution in [2.45, 2.75) is 64.2 Å². The van der Waals surface area contributed by atoms with Gasteiger partial charge < -0.3 is 5.32 Å². The van der Waals surface area contributed by atoms with Gasteiger partial charge in [0.05, 0.1) is 16.5 Å². The number of nitrogens with one attached hydrogen (secondary N) is 1. The highest BCUT2D eigenvalue weighted by molar-refractivity contribution is 8.00. The molecular formula is C21H26N4OS2. The van der Waals surface area contributed by atoms with Gasteiger partial charge >= 0.3 is 0 Å². The smallest absolute Gasteiger partial charge is 0.239 e. The zero-order valence-corrected chi connectivity index (χ0v) is 18.6. The van der Waals surface area contributed by atoms with Crippen LogP contribution in [0.4, 0.5) is 5.13 Å². The van der Waals surface area contributed by atoms with Gasteiger partial charge in [0, 0.05) is 11.1 Å². The van der Waals surface area contributed by atoms with Gasteiger partial charge in [0.1, 0.15) is 11.1 Å². The van der Waals surface area contributed by atoms with E-state index in [4.69, 9.17) is 4.98 Å². The molecule has 1 amide bonds. The number of thioether (sulfide) groups is 1. The summed E-state index contributed by atoms with van der Waals surface area (Å²) in [5.74, 6) is 0.467. The van der Waals surface area contributed by atoms with Crippen molar-refractivity contribution < 1.29 is 4.79 Å². The lowest BCUT2D eigenvalue weighted by Crippen LogP contribution is -2.27. The summed E-state index contributed by atoms with van der Waals surface area (Å²) in [6.07, 6.45) is 3.00. The number of nitriles is 1. The van der Waals surface area contributed by atoms with Gasteiger partial charge in [0.25, 0.3) is 0 Å². The largest absolute Gasteiger partial charge is 0.301 e. The van der Waals surface area contributed by atoms with Crippen molar-refractivity contribution in [3.63, 3.8) is 0 Å². The average Bonchev–Trinajstić information content (AvgIpc) is 3.04. The van der Waals surface area contributed by atoms with Crippen LogP contribution < -0.4 is 5.32 Å². The molecule has 0 spiro atoms. The minimum absolute atomic E-state index is 0.129. The quantitative estimate of drug-likeness (QED) is 0.713. The molecule has 7 heteroatoms. The Morgan fingerprint density at radius 3 is 2.79 bits per heavy atom. The molecule has 1 aliphatic carbocycles. The maximum absolute atomic E-state index is 12.5. The molecule has 0 saturated carbocycles. The van der Waals surface area contributed by atoms with Crippen LogP contribution in [0.1, 0.15) is 56.6 Å². The Morgan fingerprint density at radius 1 is 1.43 bits per heavy atom. The number of hydrogen-bond acceptors (Lipinski definition) is 6. The van der Waals surface area contributed by atoms with Crippen LogP contribution in [-0.4, -0.2) is 21.1 Å². The van der Waals surface area contributed by atoms with E-state index in [1.54, 1.807) is 0 Å². The maximum Gasteiger partial charge on any atom is 0.239 e. The number of nitrogens with zero attached hydrogens (tertiary/aromatic N) is 3. The molecule has 5 nitrogen and oxygen atoms in total. The lowest BCUT2D eigenvalue weighted by molar-refractivity contribution is -0.115. The summed E-state index contributed by atoms with van der Waals surface area (Å²) in [7, 11) is 0. The number of fused-ring (bicyclic) bond motifs is 1. The first kappa shape index (κ1) is 20.8. The van der Waals surface area contributed by atoms with Crippen molar-refractivity contribution in [2.24, 2.45) is 11.3 Å². The zero-order chi connectivity index (χ0) is 20.5. The highest BCUT2D eigenvalue weighted by Crippen LogP contribution is 2.38. The van der Waals surface area contributed by atoms with Crippen LogP contribution in [0.5, 0.6) is 0 Å². The summed E-state index contributed by atoms with van der Waals surface area (Å²) in [5.41, 5.74) is 3.95. The van der Waals surface area contributed by atoms with E-state index in [9.17, 15) is 10.1 Å². The Kier molecular flexibility index (Phi) is 6.11. The highest BCUT2D eigenvalue weighted by Gasteiger charge is 2.30. The Labute approximate surface area is 175 Å². The summed E-state index contributed by atoms with van der Waals surface area (Å²) in [5, 5.41) is 15.2. The molecule has 2 aromatic heterocycles. The second kappa shape index (κ2) is 8.22. The van der Waals surface area contributed by atoms with E-state index in [1.807, 2.05) is 25.3 Å². The SMILES string of the molecule is Cc1csc(NC(=O)C(C)Sc2nc3c(cc2C#N)CC(C(C)(C)C)CC3)n1. The van der Waals surface area contributed by atoms with E-state index in [0.717, 1.165) is 30.7 Å². The van der Waals surface area contributed by atoms with E-state index >= 15 is 0 Å². The molecule has 1 N–H and O–H groups in total. The number of thiazole rings is 1. The number of anilines is 1. The van der Waals surface area contributed by atoms with Crippen molar-refractivity contribution >= 4 is 34.1 Å². The first-order chi connectivity index (χ1) is 13.2. The minimum atomic E-state index is -0.368. The van der Waals surface area contributed by atoms with E-state index < -0.39 is 0 Å². The number of amides is 1. The number of rotatable bonds is 4. The Bertz CT molecular complexity index is 923. The third-order valence-electron chi connectivity index (χ3n) is 5.20. The molecular weight excluding hydrogens is 388 g/mol. The van der Waals surface area contributed by atoms with Crippen LogP contribution in [0.2, 0.25) is 0 Å². The molecule has 3 rings (SSSR count). The van der Waals surface area contributed by atoms with Gasteiger partial charge in [0.15, 0.2) is 5.13 Å². The molecule has 0 saturated heterocycles. The topological polar surface area (TPSA) is 78.7 Å². The maximum atomic E-state index is 12.5. The van der Waals surface area contributed by atoms with Crippen molar-refractivity contribution in [2.75, 3.05) is 5.32 Å². The predicted molar refractivity (Wildman–Crippen MR) is 115 cm³/mol. The molecule has 2 aromatic rings. The number of carbonyl (C=O) groups excluding carboxylic acids is 1. The van der Waals surface area contributed by atoms with Gasteiger partial charge in [-0.05, 0) is 56.1 Å². The molecule has 1 aliphatic rings. The van der Waals surface area contributed by atoms with Crippen LogP contribution in [-0.2, 0) is 17.6 Å². The molecule has 28 heavy (non-hydrogen) atoms. The number of pyridine rings is 1. The van der Waals surface area contributed by atoms with Crippen LogP contribution in [0.15, 0.2) is 16.5 Å². The summed E-state index contributed by atoms with van der Waals surface area (Å²) >= 11 is 2.75. The van der Waals surface area contributed by atoms with Gasteiger partial charge in [-0.2, -0.15) is 5.26 Å². The molecule has 0 aliphatic heterocycles. The zero-order valence-electron chi connectivity index (χ0n) is 17.0. The average molecular weight is 415 g/mol. The van der Waals surface area contributed by atoms with Crippen LogP contribution in [0.3, 0.4) is 0 Å². The Balaban J connectivity index is 1.75. The fraction of sp³-hybridized carbons (Fsp3) is 0.524. The molecule has 0 fully saturated rings. The second-order valence-electron chi connectivity index (χ2n) is 8.41. The second-order valence-corrected chi connectivity index (χ2v) is 10.6. The molecule has 148 valence electrons. The minimum Gasteiger partial charge on any atom is -0.301 e. The highest BCUT2D eigenvalue weighted by atomic mass is 32.2. The van der Waals surface area contributed by atoms with Crippen molar-refractivity contribution in [1.29, 1.82) is 5.26 Å². The van der Waals surface area contributed by atoms with Crippen molar-refractivity contribution in [3.05, 3.63) is 34.0 Å². The summed E-state index contributed by atoms with van der Waals surface area (Å²) in [6.45, 7) is 10.5. The van der Waals surface area contributed by atoms with Crippen LogP contribution in [0.25, 0.3) is 0 Å². The van der Waals surface area contributed by atoms with Gasteiger partial charge in [-0.25, -0.2) is 9.97 Å². The lowest BCUT2D eigenvalue weighted by Gasteiger charge is -2.34. The molecule has 0 aromatic carbocycles. The molecule has 0 bridgehead atoms. The Hall–Kier alpha value is -1.91. The standard InChI is InChI=1S/C21H26N4OS2/c1-12-11-27-20(23-12)25-18(26)13(2)28-19-15(10-22)8-14-9-16(21(3,4)5)6-7-17(14)24-19/h8,11,13,16H,6-7,9H2,1-5H3,(H,23,25,26). The van der Waals surface area contributed by atoms with E-state index in [0.29, 0.717) is 21.6 Å². The monoisotopic (exact) mass is 414 g/mol. The van der Waals surface area contributed by atoms with Gasteiger partial charge in [-0.1, -0.05) is 32.5 Å². The van der Waals surface area contributed by atoms with E-state index in [-0.39, 0.29) is 16.6 Å².